The van der Waals surface area contributed by atoms with Crippen LogP contribution in [-0.4, -0.2) is 0 Å². The summed E-state index contributed by atoms with van der Waals surface area (Å²) in [5, 5.41) is 0. The van der Waals surface area contributed by atoms with Crippen molar-refractivity contribution in [3.8, 4) is 0 Å². The quantitative estimate of drug-likeness (QED) is 0.422. The average molecular weight is 429 g/mol. The summed E-state index contributed by atoms with van der Waals surface area (Å²) in [6, 6.07) is 13.3. The van der Waals surface area contributed by atoms with Crippen molar-refractivity contribution in [2.75, 3.05) is 0 Å². The van der Waals surface area contributed by atoms with Gasteiger partial charge >= 0.3 is 0 Å². The Kier molecular flexibility index (Phi) is 5.07. The molecule has 0 saturated heterocycles. The Labute approximate surface area is 137 Å². The van der Waals surface area contributed by atoms with E-state index >= 15 is 0 Å². The summed E-state index contributed by atoms with van der Waals surface area (Å²) >= 11 is 6.29. The number of alkyl halides is 1. The van der Waals surface area contributed by atoms with Gasteiger partial charge in [-0.25, -0.2) is 0 Å². The maximum absolute atomic E-state index is 3.85. The molecule has 0 amide bonds. The molecule has 2 heteroatoms. The number of halogens is 2. The van der Waals surface area contributed by atoms with Crippen molar-refractivity contribution in [1.29, 1.82) is 0 Å². The van der Waals surface area contributed by atoms with Crippen molar-refractivity contribution < 1.29 is 0 Å². The van der Waals surface area contributed by atoms with Gasteiger partial charge in [0.2, 0.25) is 0 Å². The Morgan fingerprint density at radius 3 is 2.42 bits per heavy atom. The first-order valence-corrected chi connectivity index (χ1v) is 8.43. The predicted molar refractivity (Wildman–Crippen MR) is 95.2 cm³/mol. The molecule has 19 heavy (non-hydrogen) atoms. The topological polar surface area (TPSA) is 0 Å². The van der Waals surface area contributed by atoms with E-state index in [1.165, 1.54) is 31.4 Å². The average Bonchev–Trinajstić information content (AvgIpc) is 2.37. The van der Waals surface area contributed by atoms with Gasteiger partial charge < -0.3 is 0 Å². The molecule has 2 aromatic rings. The molecule has 1 atom stereocenters. The fourth-order valence-electron chi connectivity index (χ4n) is 2.16. The Morgan fingerprint density at radius 1 is 1.00 bits per heavy atom. The van der Waals surface area contributed by atoms with Gasteiger partial charge in [-0.2, -0.15) is 0 Å². The smallest absolute Gasteiger partial charge is 0.0446 e. The maximum atomic E-state index is 3.85. The largest absolute Gasteiger partial charge is 0.0835 e. The third-order valence-corrected chi connectivity index (χ3v) is 5.84. The first-order valence-electron chi connectivity index (χ1n) is 6.44. The molecular weight excluding hydrogens is 411 g/mol. The molecule has 1 unspecified atom stereocenters. The lowest BCUT2D eigenvalue weighted by Crippen LogP contribution is -2.00. The number of hydrogen-bond acceptors (Lipinski definition) is 0. The molecule has 0 aliphatic carbocycles. The van der Waals surface area contributed by atoms with E-state index in [2.05, 4.69) is 95.7 Å². The summed E-state index contributed by atoms with van der Waals surface area (Å²) in [5.41, 5.74) is 6.86. The molecule has 0 spiro atoms. The van der Waals surface area contributed by atoms with Gasteiger partial charge in [0, 0.05) is 8.40 Å². The summed E-state index contributed by atoms with van der Waals surface area (Å²) in [5.74, 6) is 0. The first kappa shape index (κ1) is 15.0. The zero-order chi connectivity index (χ0) is 14.0. The molecule has 0 saturated carbocycles. The Hall–Kier alpha value is -0.350. The molecule has 0 radical (unpaired) electrons. The molecule has 0 nitrogen and oxygen atoms in total. The van der Waals surface area contributed by atoms with E-state index < -0.39 is 0 Å². The molecule has 0 aliphatic heterocycles. The predicted octanol–water partition coefficient (Wildman–Crippen LogP) is 5.90. The molecule has 0 N–H and O–H groups in total. The van der Waals surface area contributed by atoms with E-state index in [-0.39, 0.29) is 0 Å². The van der Waals surface area contributed by atoms with Crippen LogP contribution in [0.3, 0.4) is 0 Å². The summed E-state index contributed by atoms with van der Waals surface area (Å²) in [7, 11) is 0. The summed E-state index contributed by atoms with van der Waals surface area (Å²) in [6.45, 7) is 6.51. The van der Waals surface area contributed by atoms with Gasteiger partial charge in [0.25, 0.3) is 0 Å². The highest BCUT2D eigenvalue weighted by Gasteiger charge is 2.13. The second-order valence-electron chi connectivity index (χ2n) is 5.07. The minimum Gasteiger partial charge on any atom is -0.0835 e. The molecule has 0 aromatic heterocycles. The fourth-order valence-corrected chi connectivity index (χ4v) is 4.08. The zero-order valence-electron chi connectivity index (χ0n) is 11.5. The monoisotopic (exact) mass is 428 g/mol. The minimum atomic E-state index is 0.376. The van der Waals surface area contributed by atoms with Gasteiger partial charge in [-0.3, -0.25) is 0 Å². The highest BCUT2D eigenvalue weighted by Crippen LogP contribution is 2.32. The molecule has 2 rings (SSSR count). The van der Waals surface area contributed by atoms with Crippen molar-refractivity contribution in [2.24, 2.45) is 0 Å². The summed E-state index contributed by atoms with van der Waals surface area (Å²) in [4.78, 5) is 0.376. The van der Waals surface area contributed by atoms with Crippen molar-refractivity contribution >= 4 is 38.5 Å². The SMILES string of the molecule is Cc1ccc(CC(Br)c2cccc(C)c2I)cc1C. The van der Waals surface area contributed by atoms with E-state index in [4.69, 9.17) is 0 Å². The van der Waals surface area contributed by atoms with Crippen molar-refractivity contribution in [1.82, 2.24) is 0 Å². The van der Waals surface area contributed by atoms with Crippen LogP contribution >= 0.6 is 38.5 Å². The summed E-state index contributed by atoms with van der Waals surface area (Å²) < 4.78 is 1.37. The van der Waals surface area contributed by atoms with Crippen LogP contribution in [0, 0.1) is 24.3 Å². The van der Waals surface area contributed by atoms with Crippen LogP contribution in [0.25, 0.3) is 0 Å². The van der Waals surface area contributed by atoms with Gasteiger partial charge in [0.1, 0.15) is 0 Å². The summed E-state index contributed by atoms with van der Waals surface area (Å²) in [6.07, 6.45) is 1.03. The van der Waals surface area contributed by atoms with Gasteiger partial charge in [0.15, 0.2) is 0 Å². The fraction of sp³-hybridized carbons (Fsp3) is 0.294. The second kappa shape index (κ2) is 6.40. The number of benzene rings is 2. The molecule has 0 bridgehead atoms. The van der Waals surface area contributed by atoms with Crippen molar-refractivity contribution in [3.63, 3.8) is 0 Å². The standard InChI is InChI=1S/C17H18BrI/c1-11-7-8-14(9-13(11)3)10-16(18)15-6-4-5-12(2)17(15)19/h4-9,16H,10H2,1-3H3. The molecule has 100 valence electrons. The van der Waals surface area contributed by atoms with E-state index in [0.29, 0.717) is 4.83 Å². The highest BCUT2D eigenvalue weighted by atomic mass is 127. The minimum absolute atomic E-state index is 0.376. The van der Waals surface area contributed by atoms with Crippen molar-refractivity contribution in [2.45, 2.75) is 32.0 Å². The lowest BCUT2D eigenvalue weighted by Gasteiger charge is -2.14. The Balaban J connectivity index is 2.23. The lowest BCUT2D eigenvalue weighted by molar-refractivity contribution is 0.936. The molecule has 0 heterocycles. The molecule has 0 aliphatic rings. The molecular formula is C17H18BrI. The third-order valence-electron chi connectivity index (χ3n) is 3.55. The lowest BCUT2D eigenvalue weighted by atomic mass is 10.00. The van der Waals surface area contributed by atoms with Crippen LogP contribution < -0.4 is 0 Å². The molecule has 2 aromatic carbocycles. The number of rotatable bonds is 3. The molecule has 0 fully saturated rings. The van der Waals surface area contributed by atoms with Crippen LogP contribution in [0.4, 0.5) is 0 Å². The van der Waals surface area contributed by atoms with E-state index in [1.807, 2.05) is 0 Å². The Bertz CT molecular complexity index is 590. The Morgan fingerprint density at radius 2 is 1.74 bits per heavy atom. The zero-order valence-corrected chi connectivity index (χ0v) is 15.2. The number of aryl methyl sites for hydroxylation is 3. The van der Waals surface area contributed by atoms with Gasteiger partial charge in [-0.1, -0.05) is 52.3 Å². The maximum Gasteiger partial charge on any atom is 0.0446 e. The first-order chi connectivity index (χ1) is 8.99. The van der Waals surface area contributed by atoms with Crippen LogP contribution in [0.15, 0.2) is 36.4 Å². The third kappa shape index (κ3) is 3.60. The number of hydrogen-bond donors (Lipinski definition) is 0. The van der Waals surface area contributed by atoms with E-state index in [1.54, 1.807) is 0 Å². The second-order valence-corrected chi connectivity index (χ2v) is 7.25. The van der Waals surface area contributed by atoms with Crippen LogP contribution in [0.2, 0.25) is 0 Å². The van der Waals surface area contributed by atoms with Gasteiger partial charge in [-0.15, -0.1) is 0 Å². The van der Waals surface area contributed by atoms with Crippen LogP contribution in [-0.2, 0) is 6.42 Å². The normalized spacial score (nSPS) is 12.5. The van der Waals surface area contributed by atoms with Crippen LogP contribution in [0.5, 0.6) is 0 Å². The van der Waals surface area contributed by atoms with Crippen LogP contribution in [0.1, 0.15) is 32.6 Å². The van der Waals surface area contributed by atoms with E-state index in [0.717, 1.165) is 6.42 Å². The van der Waals surface area contributed by atoms with Gasteiger partial charge in [-0.05, 0) is 77.6 Å². The van der Waals surface area contributed by atoms with E-state index in [9.17, 15) is 0 Å². The van der Waals surface area contributed by atoms with Crippen molar-refractivity contribution in [3.05, 3.63) is 67.8 Å². The highest BCUT2D eigenvalue weighted by molar-refractivity contribution is 14.1. The van der Waals surface area contributed by atoms with Gasteiger partial charge in [0.05, 0.1) is 0 Å².